The molecule has 0 bridgehead atoms. The molecule has 0 aliphatic heterocycles. The Morgan fingerprint density at radius 3 is 2.36 bits per heavy atom. The van der Waals surface area contributed by atoms with Crippen LogP contribution in [0, 0.1) is 0 Å². The van der Waals surface area contributed by atoms with Gasteiger partial charge in [-0.25, -0.2) is 0 Å². The van der Waals surface area contributed by atoms with Crippen molar-refractivity contribution in [1.82, 2.24) is 0 Å². The van der Waals surface area contributed by atoms with E-state index in [2.05, 4.69) is 50.1 Å². The molecule has 0 atom stereocenters. The molecular weight excluding hydrogens is 284 g/mol. The van der Waals surface area contributed by atoms with Crippen molar-refractivity contribution in [1.29, 1.82) is 0 Å². The molecule has 1 aromatic rings. The van der Waals surface area contributed by atoms with Crippen molar-refractivity contribution in [2.75, 3.05) is 0 Å². The van der Waals surface area contributed by atoms with Crippen LogP contribution in [-0.2, 0) is 10.7 Å². The third-order valence-corrected chi connectivity index (χ3v) is 3.89. The normalized spacial score (nSPS) is 10.4. The van der Waals surface area contributed by atoms with Crippen molar-refractivity contribution in [3.63, 3.8) is 0 Å². The van der Waals surface area contributed by atoms with Crippen LogP contribution in [0.5, 0.6) is 0 Å². The van der Waals surface area contributed by atoms with E-state index in [1.807, 2.05) is 0 Å². The van der Waals surface area contributed by atoms with Crippen molar-refractivity contribution in [2.45, 2.75) is 10.7 Å². The van der Waals surface area contributed by atoms with Crippen LogP contribution in [-0.4, -0.2) is 10.2 Å². The highest BCUT2D eigenvalue weighted by atomic mass is 79.9. The van der Waals surface area contributed by atoms with E-state index >= 15 is 0 Å². The number of alkyl halides is 2. The van der Waals surface area contributed by atoms with Gasteiger partial charge in [-0.1, -0.05) is 55.2 Å². The Hall–Kier alpha value is 0.397. The van der Waals surface area contributed by atoms with E-state index in [0.717, 1.165) is 20.9 Å². The van der Waals surface area contributed by atoms with E-state index in [1.54, 1.807) is 0 Å². The van der Waals surface area contributed by atoms with Crippen LogP contribution in [0.25, 0.3) is 0 Å². The van der Waals surface area contributed by atoms with Crippen molar-refractivity contribution in [3.8, 4) is 0 Å². The molecule has 0 fully saturated rings. The van der Waals surface area contributed by atoms with Gasteiger partial charge >= 0.3 is 0 Å². The van der Waals surface area contributed by atoms with Crippen LogP contribution in [0.1, 0.15) is 11.1 Å². The average molecular weight is 294 g/mol. The lowest BCUT2D eigenvalue weighted by Crippen LogP contribution is -2.09. The first kappa shape index (κ1) is 9.48. The number of hydrogen-bond donors (Lipinski definition) is 0. The van der Waals surface area contributed by atoms with E-state index in [-0.39, 0.29) is 0 Å². The van der Waals surface area contributed by atoms with Crippen molar-refractivity contribution in [2.24, 2.45) is 0 Å². The molecule has 0 nitrogen and oxygen atoms in total. The molecule has 0 radical (unpaired) electrons. The Kier molecular flexibility index (Phi) is 3.82. The summed E-state index contributed by atoms with van der Waals surface area (Å²) in [4.78, 5) is 0. The predicted molar refractivity (Wildman–Crippen MR) is 61.3 cm³/mol. The summed E-state index contributed by atoms with van der Waals surface area (Å²) in [6, 6.07) is 6.65. The van der Waals surface area contributed by atoms with Gasteiger partial charge in [-0.2, -0.15) is 0 Å². The summed E-state index contributed by atoms with van der Waals surface area (Å²) in [6.45, 7) is 0. The minimum Gasteiger partial charge on any atom is -0.0876 e. The summed E-state index contributed by atoms with van der Waals surface area (Å²) < 4.78 is 0. The predicted octanol–water partition coefficient (Wildman–Crippen LogP) is 1.47. The van der Waals surface area contributed by atoms with Crippen LogP contribution in [0.3, 0.4) is 0 Å². The Morgan fingerprint density at radius 2 is 1.91 bits per heavy atom. The first-order chi connectivity index (χ1) is 5.27. The molecule has 0 heterocycles. The Balaban J connectivity index is 2.99. The zero-order valence-corrected chi connectivity index (χ0v) is 11.6. The number of hydrogen-bond acceptors (Lipinski definition) is 0. The molecule has 3 heteroatoms. The van der Waals surface area contributed by atoms with Gasteiger partial charge < -0.3 is 0 Å². The maximum atomic E-state index is 3.47. The number of rotatable bonds is 2. The highest BCUT2D eigenvalue weighted by Gasteiger charge is 1.96. The highest BCUT2D eigenvalue weighted by molar-refractivity contribution is 9.08. The van der Waals surface area contributed by atoms with Crippen LogP contribution in [0.2, 0.25) is 0 Å². The standard InChI is InChI=1S/C8H10Br2Si/c9-4-6-1-2-7(5-10)8(11)3-6/h1-3H,4-5H2,11H3. The highest BCUT2D eigenvalue weighted by Crippen LogP contribution is 2.07. The Labute approximate surface area is 87.1 Å². The smallest absolute Gasteiger partial charge is 0.0389 e. The molecule has 0 unspecified atom stereocenters. The molecule has 0 aliphatic rings. The van der Waals surface area contributed by atoms with E-state index in [1.165, 1.54) is 16.3 Å². The molecule has 0 aromatic heterocycles. The fraction of sp³-hybridized carbons (Fsp3) is 0.250. The van der Waals surface area contributed by atoms with E-state index in [9.17, 15) is 0 Å². The summed E-state index contributed by atoms with van der Waals surface area (Å²) in [6.07, 6.45) is 0. The molecule has 0 saturated carbocycles. The third kappa shape index (κ3) is 2.42. The summed E-state index contributed by atoms with van der Waals surface area (Å²) in [5, 5.41) is 3.44. The monoisotopic (exact) mass is 292 g/mol. The van der Waals surface area contributed by atoms with Crippen LogP contribution < -0.4 is 5.19 Å². The zero-order chi connectivity index (χ0) is 8.27. The van der Waals surface area contributed by atoms with E-state index in [4.69, 9.17) is 0 Å². The zero-order valence-electron chi connectivity index (χ0n) is 6.40. The number of halogens is 2. The molecule has 0 aliphatic carbocycles. The SMILES string of the molecule is [SiH3]c1cc(CBr)ccc1CBr. The van der Waals surface area contributed by atoms with Gasteiger partial charge in [-0.05, 0) is 11.1 Å². The molecule has 0 amide bonds. The lowest BCUT2D eigenvalue weighted by Gasteiger charge is -2.03. The second-order valence-corrected chi connectivity index (χ2v) is 4.73. The lowest BCUT2D eigenvalue weighted by atomic mass is 10.2. The molecule has 11 heavy (non-hydrogen) atoms. The Morgan fingerprint density at radius 1 is 1.18 bits per heavy atom. The second-order valence-electron chi connectivity index (χ2n) is 2.53. The van der Waals surface area contributed by atoms with Gasteiger partial charge in [0.05, 0.1) is 0 Å². The molecule has 1 aromatic carbocycles. The summed E-state index contributed by atoms with van der Waals surface area (Å²) >= 11 is 6.91. The van der Waals surface area contributed by atoms with Gasteiger partial charge in [0.25, 0.3) is 0 Å². The van der Waals surface area contributed by atoms with Gasteiger partial charge in [-0.15, -0.1) is 0 Å². The molecule has 0 spiro atoms. The fourth-order valence-electron chi connectivity index (χ4n) is 0.991. The minimum atomic E-state index is 0.963. The quantitative estimate of drug-likeness (QED) is 0.572. The van der Waals surface area contributed by atoms with Crippen LogP contribution in [0.15, 0.2) is 18.2 Å². The Bertz CT molecular complexity index is 248. The maximum Gasteiger partial charge on any atom is 0.0389 e. The maximum absolute atomic E-state index is 3.47. The first-order valence-electron chi connectivity index (χ1n) is 3.48. The summed E-state index contributed by atoms with van der Waals surface area (Å²) in [5.41, 5.74) is 2.81. The van der Waals surface area contributed by atoms with E-state index < -0.39 is 0 Å². The van der Waals surface area contributed by atoms with Crippen LogP contribution >= 0.6 is 31.9 Å². The largest absolute Gasteiger partial charge is 0.0876 e. The fourth-order valence-corrected chi connectivity index (χ4v) is 3.20. The first-order valence-corrected chi connectivity index (χ1v) is 6.72. The lowest BCUT2D eigenvalue weighted by molar-refractivity contribution is 1.39. The summed E-state index contributed by atoms with van der Waals surface area (Å²) in [7, 11) is 1.14. The van der Waals surface area contributed by atoms with Crippen molar-refractivity contribution >= 4 is 47.3 Å². The molecule has 0 saturated heterocycles. The molecular formula is C8H10Br2Si. The van der Waals surface area contributed by atoms with Crippen LogP contribution in [0.4, 0.5) is 0 Å². The van der Waals surface area contributed by atoms with Crippen molar-refractivity contribution in [3.05, 3.63) is 29.3 Å². The minimum absolute atomic E-state index is 0.963. The van der Waals surface area contributed by atoms with Gasteiger partial charge in [0.15, 0.2) is 0 Å². The van der Waals surface area contributed by atoms with Gasteiger partial charge in [0, 0.05) is 20.9 Å². The molecule has 60 valence electrons. The topological polar surface area (TPSA) is 0 Å². The second kappa shape index (κ2) is 4.43. The van der Waals surface area contributed by atoms with Gasteiger partial charge in [0.2, 0.25) is 0 Å². The average Bonchev–Trinajstić information content (AvgIpc) is 2.04. The van der Waals surface area contributed by atoms with Crippen molar-refractivity contribution < 1.29 is 0 Å². The van der Waals surface area contributed by atoms with E-state index in [0.29, 0.717) is 0 Å². The molecule has 1 rings (SSSR count). The third-order valence-electron chi connectivity index (χ3n) is 1.71. The number of benzene rings is 1. The summed E-state index contributed by atoms with van der Waals surface area (Å²) in [5.74, 6) is 0. The molecule has 0 N–H and O–H groups in total. The van der Waals surface area contributed by atoms with Gasteiger partial charge in [-0.3, -0.25) is 0 Å². The van der Waals surface area contributed by atoms with Gasteiger partial charge in [0.1, 0.15) is 0 Å².